The number of halogens is 1. The Hall–Kier alpha value is -0.190. The second-order valence-corrected chi connectivity index (χ2v) is 5.85. The third-order valence-corrected chi connectivity index (χ3v) is 4.80. The first-order valence-corrected chi connectivity index (χ1v) is 6.72. The van der Waals surface area contributed by atoms with Gasteiger partial charge >= 0.3 is 0 Å². The van der Waals surface area contributed by atoms with Crippen LogP contribution in [0, 0.1) is 0 Å². The number of hydrogen-bond donors (Lipinski definition) is 2. The number of nitrogens with one attached hydrogen (secondary N) is 1. The maximum absolute atomic E-state index is 8.99. The summed E-state index contributed by atoms with van der Waals surface area (Å²) in [5.41, 5.74) is 1.18. The van der Waals surface area contributed by atoms with Gasteiger partial charge in [0.1, 0.15) is 0 Å². The van der Waals surface area contributed by atoms with Gasteiger partial charge in [0.2, 0.25) is 0 Å². The Balaban J connectivity index is 2.25. The van der Waals surface area contributed by atoms with Crippen LogP contribution in [0.2, 0.25) is 0 Å². The summed E-state index contributed by atoms with van der Waals surface area (Å²) in [6, 6.07) is 6.61. The van der Waals surface area contributed by atoms with Crippen LogP contribution in [0.15, 0.2) is 27.6 Å². The molecule has 1 aliphatic heterocycles. The van der Waals surface area contributed by atoms with Gasteiger partial charge in [-0.2, -0.15) is 0 Å². The van der Waals surface area contributed by atoms with Crippen molar-refractivity contribution in [1.82, 2.24) is 0 Å². The van der Waals surface area contributed by atoms with Gasteiger partial charge in [-0.1, -0.05) is 6.07 Å². The first kappa shape index (κ1) is 11.3. The smallest absolute Gasteiger partial charge is 0.0625 e. The minimum absolute atomic E-state index is 0.257. The molecule has 0 radical (unpaired) electrons. The molecule has 2 rings (SSSR count). The number of benzene rings is 1. The fourth-order valence-electron chi connectivity index (χ4n) is 1.76. The highest BCUT2D eigenvalue weighted by Gasteiger charge is 2.25. The molecule has 15 heavy (non-hydrogen) atoms. The van der Waals surface area contributed by atoms with E-state index >= 15 is 0 Å². The number of aliphatic hydroxyl groups excluding tert-OH is 1. The lowest BCUT2D eigenvalue weighted by Crippen LogP contribution is -2.32. The van der Waals surface area contributed by atoms with Gasteiger partial charge in [0, 0.05) is 27.3 Å². The van der Waals surface area contributed by atoms with Crippen molar-refractivity contribution in [3.8, 4) is 0 Å². The normalized spacial score (nSPS) is 24.5. The monoisotopic (exact) mass is 287 g/mol. The molecule has 0 spiro atoms. The van der Waals surface area contributed by atoms with Gasteiger partial charge in [0.15, 0.2) is 0 Å². The van der Waals surface area contributed by atoms with Gasteiger partial charge < -0.3 is 10.4 Å². The highest BCUT2D eigenvalue weighted by molar-refractivity contribution is 9.10. The minimum Gasteiger partial charge on any atom is -0.396 e. The Labute approximate surface area is 103 Å². The van der Waals surface area contributed by atoms with Crippen molar-refractivity contribution in [3.63, 3.8) is 0 Å². The van der Waals surface area contributed by atoms with Crippen LogP contribution in [-0.2, 0) is 0 Å². The number of para-hydroxylation sites is 1. The second-order valence-electron chi connectivity index (χ2n) is 3.71. The molecule has 0 bridgehead atoms. The lowest BCUT2D eigenvalue weighted by atomic mass is 10.1. The van der Waals surface area contributed by atoms with E-state index in [1.807, 2.05) is 23.9 Å². The Bertz CT molecular complexity index is 358. The SMILES string of the molecule is CC1Nc2c(Br)cccc2SC1CCO. The first-order valence-electron chi connectivity index (χ1n) is 5.05. The Morgan fingerprint density at radius 2 is 2.33 bits per heavy atom. The molecule has 2 nitrogen and oxygen atoms in total. The molecule has 0 saturated heterocycles. The molecule has 2 unspecified atom stereocenters. The highest BCUT2D eigenvalue weighted by atomic mass is 79.9. The zero-order valence-corrected chi connectivity index (χ0v) is 10.9. The van der Waals surface area contributed by atoms with Crippen LogP contribution in [0.1, 0.15) is 13.3 Å². The molecule has 2 atom stereocenters. The van der Waals surface area contributed by atoms with Crippen molar-refractivity contribution in [2.45, 2.75) is 29.5 Å². The van der Waals surface area contributed by atoms with Crippen molar-refractivity contribution in [3.05, 3.63) is 22.7 Å². The van der Waals surface area contributed by atoms with E-state index in [0.29, 0.717) is 11.3 Å². The summed E-state index contributed by atoms with van der Waals surface area (Å²) in [5.74, 6) is 0. The quantitative estimate of drug-likeness (QED) is 0.877. The molecule has 0 aromatic heterocycles. The van der Waals surface area contributed by atoms with Gasteiger partial charge in [-0.15, -0.1) is 11.8 Å². The summed E-state index contributed by atoms with van der Waals surface area (Å²) in [6.07, 6.45) is 0.838. The molecule has 1 aromatic rings. The molecule has 1 aromatic carbocycles. The van der Waals surface area contributed by atoms with Crippen molar-refractivity contribution >= 4 is 33.4 Å². The van der Waals surface area contributed by atoms with Crippen LogP contribution in [0.3, 0.4) is 0 Å². The van der Waals surface area contributed by atoms with E-state index in [-0.39, 0.29) is 6.61 Å². The van der Waals surface area contributed by atoms with Gasteiger partial charge in [0.25, 0.3) is 0 Å². The van der Waals surface area contributed by atoms with E-state index in [4.69, 9.17) is 5.11 Å². The highest BCUT2D eigenvalue weighted by Crippen LogP contribution is 2.42. The number of rotatable bonds is 2. The fourth-order valence-corrected chi connectivity index (χ4v) is 3.64. The predicted molar refractivity (Wildman–Crippen MR) is 68.6 cm³/mol. The van der Waals surface area contributed by atoms with Crippen LogP contribution < -0.4 is 5.32 Å². The van der Waals surface area contributed by atoms with Crippen molar-refractivity contribution in [2.24, 2.45) is 0 Å². The zero-order valence-electron chi connectivity index (χ0n) is 8.53. The molecule has 0 aliphatic carbocycles. The van der Waals surface area contributed by atoms with E-state index in [1.165, 1.54) is 10.6 Å². The van der Waals surface area contributed by atoms with Crippen LogP contribution >= 0.6 is 27.7 Å². The maximum Gasteiger partial charge on any atom is 0.0625 e. The molecular formula is C11H14BrNOS. The zero-order chi connectivity index (χ0) is 10.8. The van der Waals surface area contributed by atoms with Crippen LogP contribution in [0.4, 0.5) is 5.69 Å². The molecule has 0 saturated carbocycles. The Morgan fingerprint density at radius 3 is 3.07 bits per heavy atom. The van der Waals surface area contributed by atoms with Gasteiger partial charge in [-0.05, 0) is 41.4 Å². The summed E-state index contributed by atoms with van der Waals surface area (Å²) < 4.78 is 1.11. The van der Waals surface area contributed by atoms with Crippen molar-refractivity contribution in [2.75, 3.05) is 11.9 Å². The Morgan fingerprint density at radius 1 is 1.53 bits per heavy atom. The molecule has 1 heterocycles. The van der Waals surface area contributed by atoms with Crippen molar-refractivity contribution < 1.29 is 5.11 Å². The van der Waals surface area contributed by atoms with E-state index in [1.54, 1.807) is 0 Å². The fraction of sp³-hybridized carbons (Fsp3) is 0.455. The molecule has 4 heteroatoms. The summed E-state index contributed by atoms with van der Waals surface area (Å²) in [4.78, 5) is 1.26. The summed E-state index contributed by atoms with van der Waals surface area (Å²) in [7, 11) is 0. The number of anilines is 1. The number of aliphatic hydroxyl groups is 1. The first-order chi connectivity index (χ1) is 7.22. The molecule has 0 amide bonds. The summed E-state index contributed by atoms with van der Waals surface area (Å²) in [5, 5.41) is 12.9. The molecule has 0 fully saturated rings. The van der Waals surface area contributed by atoms with Crippen LogP contribution in [-0.4, -0.2) is 23.0 Å². The average molecular weight is 288 g/mol. The predicted octanol–water partition coefficient (Wildman–Crippen LogP) is 3.11. The average Bonchev–Trinajstić information content (AvgIpc) is 2.21. The number of hydrogen-bond acceptors (Lipinski definition) is 3. The lowest BCUT2D eigenvalue weighted by Gasteiger charge is -2.32. The maximum atomic E-state index is 8.99. The van der Waals surface area contributed by atoms with Gasteiger partial charge in [-0.25, -0.2) is 0 Å². The van der Waals surface area contributed by atoms with Crippen LogP contribution in [0.25, 0.3) is 0 Å². The summed E-state index contributed by atoms with van der Waals surface area (Å²) in [6.45, 7) is 2.42. The number of thioether (sulfide) groups is 1. The second kappa shape index (κ2) is 4.76. The Kier molecular flexibility index (Phi) is 3.59. The lowest BCUT2D eigenvalue weighted by molar-refractivity contribution is 0.284. The molecule has 1 aliphatic rings. The summed E-state index contributed by atoms with van der Waals surface area (Å²) >= 11 is 5.39. The van der Waals surface area contributed by atoms with Crippen molar-refractivity contribution in [1.29, 1.82) is 0 Å². The van der Waals surface area contributed by atoms with Gasteiger partial charge in [-0.3, -0.25) is 0 Å². The molecule has 2 N–H and O–H groups in total. The van der Waals surface area contributed by atoms with Crippen LogP contribution in [0.5, 0.6) is 0 Å². The standard InChI is InChI=1S/C11H14BrNOS/c1-7-9(5-6-14)15-10-4-2-3-8(12)11(10)13-7/h2-4,7,9,13-14H,5-6H2,1H3. The molecular weight excluding hydrogens is 274 g/mol. The van der Waals surface area contributed by atoms with E-state index < -0.39 is 0 Å². The minimum atomic E-state index is 0.257. The van der Waals surface area contributed by atoms with Gasteiger partial charge in [0.05, 0.1) is 5.69 Å². The van der Waals surface area contributed by atoms with E-state index in [9.17, 15) is 0 Å². The van der Waals surface area contributed by atoms with E-state index in [0.717, 1.165) is 10.9 Å². The molecule has 82 valence electrons. The van der Waals surface area contributed by atoms with E-state index in [2.05, 4.69) is 34.2 Å². The third kappa shape index (κ3) is 2.32. The largest absolute Gasteiger partial charge is 0.396 e. The topological polar surface area (TPSA) is 32.3 Å². The number of fused-ring (bicyclic) bond motifs is 1. The third-order valence-electron chi connectivity index (χ3n) is 2.60.